The number of aliphatic hydroxyl groups is 1. The Morgan fingerprint density at radius 2 is 1.09 bits per heavy atom. The third-order valence-corrected chi connectivity index (χ3v) is 9.22. The Morgan fingerprint density at radius 1 is 0.623 bits per heavy atom. The number of hydrogen-bond acceptors (Lipinski definition) is 8. The predicted molar refractivity (Wildman–Crippen MR) is 220 cm³/mol. The molecule has 0 saturated carbocycles. The van der Waals surface area contributed by atoms with Crippen LogP contribution in [0, 0.1) is 0 Å². The third kappa shape index (κ3) is 40.8. The molecule has 0 aromatic carbocycles. The molecule has 0 heterocycles. The molecular weight excluding hydrogens is 689 g/mol. The fourth-order valence-electron chi connectivity index (χ4n) is 5.12. The van der Waals surface area contributed by atoms with Crippen LogP contribution in [0.25, 0.3) is 0 Å². The van der Waals surface area contributed by atoms with Crippen LogP contribution in [0.3, 0.4) is 0 Å². The summed E-state index contributed by atoms with van der Waals surface area (Å²) in [5, 5.41) is 8.78. The molecule has 0 aliphatic carbocycles. The van der Waals surface area contributed by atoms with Crippen molar-refractivity contribution in [1.29, 1.82) is 0 Å². The van der Waals surface area contributed by atoms with Gasteiger partial charge in [0.05, 0.1) is 19.5 Å². The molecule has 53 heavy (non-hydrogen) atoms. The van der Waals surface area contributed by atoms with Gasteiger partial charge >= 0.3 is 13.8 Å². The van der Waals surface area contributed by atoms with Crippen LogP contribution in [-0.4, -0.2) is 55.0 Å². The Balaban J connectivity index is 4.22. The molecule has 2 atom stereocenters. The van der Waals surface area contributed by atoms with Crippen LogP contribution in [0.2, 0.25) is 0 Å². The van der Waals surface area contributed by atoms with E-state index in [1.54, 1.807) is 6.26 Å². The molecule has 9 nitrogen and oxygen atoms in total. The zero-order valence-corrected chi connectivity index (χ0v) is 34.1. The lowest BCUT2D eigenvalue weighted by molar-refractivity contribution is -0.147. The van der Waals surface area contributed by atoms with Gasteiger partial charge < -0.3 is 25.2 Å². The lowest BCUT2D eigenvalue weighted by Crippen LogP contribution is -2.25. The second-order valence-electron chi connectivity index (χ2n) is 13.3. The summed E-state index contributed by atoms with van der Waals surface area (Å²) in [5.41, 5.74) is 5.35. The Kier molecular flexibility index (Phi) is 39.2. The summed E-state index contributed by atoms with van der Waals surface area (Å²) in [6.07, 6.45) is 48.9. The van der Waals surface area contributed by atoms with Gasteiger partial charge in [-0.2, -0.15) is 0 Å². The molecule has 0 saturated heterocycles. The average molecular weight is 766 g/mol. The molecule has 4 N–H and O–H groups in total. The van der Waals surface area contributed by atoms with Gasteiger partial charge in [-0.25, -0.2) is 4.57 Å². The van der Waals surface area contributed by atoms with Crippen molar-refractivity contribution in [2.24, 2.45) is 5.73 Å². The molecule has 306 valence electrons. The summed E-state index contributed by atoms with van der Waals surface area (Å²) in [6.45, 7) is 2.12. The summed E-state index contributed by atoms with van der Waals surface area (Å²) in [4.78, 5) is 22.2. The Morgan fingerprint density at radius 3 is 1.64 bits per heavy atom. The fourth-order valence-corrected chi connectivity index (χ4v) is 5.89. The molecule has 0 aromatic heterocycles. The molecule has 0 aliphatic heterocycles. The van der Waals surface area contributed by atoms with Crippen LogP contribution < -0.4 is 5.73 Å². The van der Waals surface area contributed by atoms with Crippen molar-refractivity contribution < 1.29 is 37.9 Å². The van der Waals surface area contributed by atoms with E-state index in [0.717, 1.165) is 70.6 Å². The first-order valence-electron chi connectivity index (χ1n) is 20.6. The van der Waals surface area contributed by atoms with Crippen molar-refractivity contribution in [3.8, 4) is 0 Å². The smallest absolute Gasteiger partial charge is 0.472 e. The number of hydrogen-bond donors (Lipinski definition) is 3. The SMILES string of the molecule is CCCCCC/C=C\CCCCCCCC/C=C/O[C@H](COC(=O)CCC/C=C\C/C=C\C/C=C\C/C=C\CCCCCO)COP(=O)(O)OCCN. The van der Waals surface area contributed by atoms with E-state index in [-0.39, 0.29) is 45.4 Å². The van der Waals surface area contributed by atoms with Crippen LogP contribution in [0.15, 0.2) is 73.1 Å². The second-order valence-corrected chi connectivity index (χ2v) is 14.7. The summed E-state index contributed by atoms with van der Waals surface area (Å²) in [6, 6.07) is 0. The zero-order valence-electron chi connectivity index (χ0n) is 33.2. The van der Waals surface area contributed by atoms with Crippen molar-refractivity contribution in [2.75, 3.05) is 33.0 Å². The van der Waals surface area contributed by atoms with E-state index in [0.29, 0.717) is 6.42 Å². The maximum Gasteiger partial charge on any atom is 0.472 e. The predicted octanol–water partition coefficient (Wildman–Crippen LogP) is 11.3. The molecule has 0 radical (unpaired) electrons. The molecule has 0 aliphatic rings. The van der Waals surface area contributed by atoms with Crippen LogP contribution in [0.4, 0.5) is 0 Å². The highest BCUT2D eigenvalue weighted by Crippen LogP contribution is 2.43. The van der Waals surface area contributed by atoms with Crippen LogP contribution in [0.1, 0.15) is 155 Å². The van der Waals surface area contributed by atoms with Gasteiger partial charge in [-0.1, -0.05) is 119 Å². The largest absolute Gasteiger partial charge is 0.492 e. The van der Waals surface area contributed by atoms with E-state index >= 15 is 0 Å². The van der Waals surface area contributed by atoms with Crippen molar-refractivity contribution >= 4 is 13.8 Å². The van der Waals surface area contributed by atoms with Crippen molar-refractivity contribution in [1.82, 2.24) is 0 Å². The second kappa shape index (κ2) is 40.9. The number of ether oxygens (including phenoxy) is 2. The highest BCUT2D eigenvalue weighted by Gasteiger charge is 2.24. The van der Waals surface area contributed by atoms with Gasteiger partial charge in [0.25, 0.3) is 0 Å². The number of aliphatic hydroxyl groups excluding tert-OH is 1. The maximum atomic E-state index is 12.4. The van der Waals surface area contributed by atoms with Crippen LogP contribution in [0.5, 0.6) is 0 Å². The summed E-state index contributed by atoms with van der Waals surface area (Å²) >= 11 is 0. The number of rotatable bonds is 39. The van der Waals surface area contributed by atoms with Crippen molar-refractivity contribution in [2.45, 2.75) is 161 Å². The number of phosphoric ester groups is 1. The van der Waals surface area contributed by atoms with Gasteiger partial charge in [-0.15, -0.1) is 0 Å². The molecule has 10 heteroatoms. The van der Waals surface area contributed by atoms with Crippen LogP contribution >= 0.6 is 7.82 Å². The van der Waals surface area contributed by atoms with Gasteiger partial charge in [0.1, 0.15) is 6.61 Å². The van der Waals surface area contributed by atoms with E-state index < -0.39 is 13.9 Å². The number of esters is 1. The quantitative estimate of drug-likeness (QED) is 0.0183. The van der Waals surface area contributed by atoms with E-state index in [1.165, 1.54) is 64.2 Å². The zero-order chi connectivity index (χ0) is 38.8. The first-order valence-corrected chi connectivity index (χ1v) is 22.1. The molecule has 0 fully saturated rings. The summed E-state index contributed by atoms with van der Waals surface area (Å²) in [7, 11) is -4.29. The minimum Gasteiger partial charge on any atom is -0.492 e. The number of phosphoric acid groups is 1. The fraction of sp³-hybridized carbons (Fsp3) is 0.698. The van der Waals surface area contributed by atoms with E-state index in [4.69, 9.17) is 29.4 Å². The maximum absolute atomic E-state index is 12.4. The lowest BCUT2D eigenvalue weighted by Gasteiger charge is -2.19. The molecule has 0 amide bonds. The highest BCUT2D eigenvalue weighted by molar-refractivity contribution is 7.47. The molecule has 0 spiro atoms. The standard InChI is InChI=1S/C43H76NO8P/c1-2-3-4-5-6-7-8-9-10-16-19-22-25-28-31-34-38-49-42(41-52-53(47,48)51-39-36-44)40-50-43(46)35-32-29-26-23-20-17-14-12-11-13-15-18-21-24-27-30-33-37-45/h7-8,11,13-14,17-18,21,23,26,34,38,42,45H,2-6,9-10,12,15-16,19-20,22,24-25,27-33,35-37,39-41,44H2,1H3,(H,47,48)/b8-7-,13-11-,17-14-,21-18-,26-23-,38-34+/t42-/m1/s1. The highest BCUT2D eigenvalue weighted by atomic mass is 31.2. The molecular formula is C43H76NO8P. The lowest BCUT2D eigenvalue weighted by atomic mass is 10.1. The number of carbonyl (C=O) groups excluding carboxylic acids is 1. The minimum atomic E-state index is -4.29. The van der Waals surface area contributed by atoms with E-state index in [2.05, 4.69) is 67.7 Å². The van der Waals surface area contributed by atoms with Gasteiger partial charge in [0, 0.05) is 19.6 Å². The first-order chi connectivity index (χ1) is 25.9. The van der Waals surface area contributed by atoms with Gasteiger partial charge in [0.15, 0.2) is 6.10 Å². The van der Waals surface area contributed by atoms with E-state index in [1.807, 2.05) is 6.08 Å². The van der Waals surface area contributed by atoms with Crippen molar-refractivity contribution in [3.05, 3.63) is 73.1 Å². The Labute approximate surface area is 323 Å². The average Bonchev–Trinajstić information content (AvgIpc) is 3.15. The number of nitrogens with two attached hydrogens (primary N) is 1. The Hall–Kier alpha value is -2.26. The molecule has 0 rings (SSSR count). The molecule has 0 aromatic rings. The van der Waals surface area contributed by atoms with Crippen molar-refractivity contribution in [3.63, 3.8) is 0 Å². The first kappa shape index (κ1) is 50.7. The minimum absolute atomic E-state index is 0.0847. The molecule has 0 bridgehead atoms. The third-order valence-electron chi connectivity index (χ3n) is 8.24. The monoisotopic (exact) mass is 766 g/mol. The van der Waals surface area contributed by atoms with Gasteiger partial charge in [-0.3, -0.25) is 13.8 Å². The molecule has 1 unspecified atom stereocenters. The number of allylic oxidation sites excluding steroid dienone is 11. The summed E-state index contributed by atoms with van der Waals surface area (Å²) in [5.74, 6) is -0.357. The van der Waals surface area contributed by atoms with E-state index in [9.17, 15) is 14.3 Å². The number of carbonyl (C=O) groups is 1. The van der Waals surface area contributed by atoms with Crippen LogP contribution in [-0.2, 0) is 27.9 Å². The number of unbranched alkanes of at least 4 members (excludes halogenated alkanes) is 15. The summed E-state index contributed by atoms with van der Waals surface area (Å²) < 4.78 is 33.1. The van der Waals surface area contributed by atoms with Gasteiger partial charge in [0.2, 0.25) is 0 Å². The Bertz CT molecular complexity index is 1040. The topological polar surface area (TPSA) is 138 Å². The van der Waals surface area contributed by atoms with Gasteiger partial charge in [-0.05, 0) is 96.0 Å². The normalized spacial score (nSPS) is 14.2.